The Morgan fingerprint density at radius 3 is 2.75 bits per heavy atom. The van der Waals surface area contributed by atoms with E-state index in [4.69, 9.17) is 9.84 Å². The molecule has 1 aliphatic heterocycles. The fraction of sp³-hybridized carbons (Fsp3) is 0.615. The molecular formula is C13H20N2O4S. The normalized spacial score (nSPS) is 24.7. The van der Waals surface area contributed by atoms with Gasteiger partial charge in [-0.2, -0.15) is 4.31 Å². The largest absolute Gasteiger partial charge is 0.394 e. The molecule has 0 amide bonds. The molecule has 1 saturated heterocycles. The molecule has 6 nitrogen and oxygen atoms in total. The number of pyridine rings is 1. The number of ether oxygens (including phenoxy) is 1. The van der Waals surface area contributed by atoms with E-state index in [1.807, 2.05) is 19.1 Å². The second-order valence-electron chi connectivity index (χ2n) is 4.99. The van der Waals surface area contributed by atoms with Crippen LogP contribution in [0.2, 0.25) is 0 Å². The van der Waals surface area contributed by atoms with Crippen molar-refractivity contribution in [3.8, 4) is 0 Å². The standard InChI is InChI=1S/C13H20N2O4S/c1-11-8-15(9-13(10-16)19-11)20(17,18)7-4-12-2-5-14-6-3-12/h2-3,5-6,11,13,16H,4,7-10H2,1H3. The summed E-state index contributed by atoms with van der Waals surface area (Å²) in [7, 11) is -3.34. The number of nitrogens with zero attached hydrogens (tertiary/aromatic N) is 2. The van der Waals surface area contributed by atoms with Crippen LogP contribution in [0.5, 0.6) is 0 Å². The molecule has 0 bridgehead atoms. The van der Waals surface area contributed by atoms with Gasteiger partial charge < -0.3 is 9.84 Å². The van der Waals surface area contributed by atoms with Crippen LogP contribution in [0.25, 0.3) is 0 Å². The minimum absolute atomic E-state index is 0.0574. The summed E-state index contributed by atoms with van der Waals surface area (Å²) >= 11 is 0. The van der Waals surface area contributed by atoms with E-state index < -0.39 is 16.1 Å². The summed E-state index contributed by atoms with van der Waals surface area (Å²) in [5.41, 5.74) is 0.948. The van der Waals surface area contributed by atoms with Gasteiger partial charge in [-0.1, -0.05) is 0 Å². The lowest BCUT2D eigenvalue weighted by Crippen LogP contribution is -2.50. The Morgan fingerprint density at radius 2 is 2.10 bits per heavy atom. The monoisotopic (exact) mass is 300 g/mol. The fourth-order valence-corrected chi connectivity index (χ4v) is 3.84. The highest BCUT2D eigenvalue weighted by molar-refractivity contribution is 7.89. The van der Waals surface area contributed by atoms with Gasteiger partial charge in [0.25, 0.3) is 0 Å². The fourth-order valence-electron chi connectivity index (χ4n) is 2.26. The molecule has 0 aromatic carbocycles. The van der Waals surface area contributed by atoms with E-state index in [9.17, 15) is 8.42 Å². The molecule has 1 fully saturated rings. The zero-order valence-electron chi connectivity index (χ0n) is 11.5. The molecule has 1 aliphatic rings. The zero-order chi connectivity index (χ0) is 14.6. The van der Waals surface area contributed by atoms with Crippen LogP contribution in [0, 0.1) is 0 Å². The van der Waals surface area contributed by atoms with Crippen molar-refractivity contribution in [3.63, 3.8) is 0 Å². The van der Waals surface area contributed by atoms with Crippen molar-refractivity contribution in [3.05, 3.63) is 30.1 Å². The SMILES string of the molecule is CC1CN(S(=O)(=O)CCc2ccncc2)CC(CO)O1. The molecule has 0 saturated carbocycles. The molecular weight excluding hydrogens is 280 g/mol. The van der Waals surface area contributed by atoms with Gasteiger partial charge in [0.2, 0.25) is 10.0 Å². The van der Waals surface area contributed by atoms with Gasteiger partial charge in [-0.3, -0.25) is 4.98 Å². The molecule has 2 heterocycles. The van der Waals surface area contributed by atoms with Crippen LogP contribution in [0.4, 0.5) is 0 Å². The molecule has 2 atom stereocenters. The van der Waals surface area contributed by atoms with Gasteiger partial charge in [0.1, 0.15) is 0 Å². The Labute approximate surface area is 119 Å². The van der Waals surface area contributed by atoms with Crippen LogP contribution < -0.4 is 0 Å². The highest BCUT2D eigenvalue weighted by Gasteiger charge is 2.32. The van der Waals surface area contributed by atoms with Crippen molar-refractivity contribution in [1.29, 1.82) is 0 Å². The number of hydrogen-bond acceptors (Lipinski definition) is 5. The highest BCUT2D eigenvalue weighted by Crippen LogP contribution is 2.16. The van der Waals surface area contributed by atoms with Gasteiger partial charge in [0, 0.05) is 25.5 Å². The van der Waals surface area contributed by atoms with E-state index in [1.165, 1.54) is 4.31 Å². The highest BCUT2D eigenvalue weighted by atomic mass is 32.2. The molecule has 1 N–H and O–H groups in total. The lowest BCUT2D eigenvalue weighted by atomic mass is 10.2. The third-order valence-electron chi connectivity index (χ3n) is 3.29. The van der Waals surface area contributed by atoms with Crippen molar-refractivity contribution in [2.45, 2.75) is 25.6 Å². The summed E-state index contributed by atoms with van der Waals surface area (Å²) < 4.78 is 31.6. The van der Waals surface area contributed by atoms with E-state index in [0.29, 0.717) is 13.0 Å². The maximum atomic E-state index is 12.3. The molecule has 20 heavy (non-hydrogen) atoms. The summed E-state index contributed by atoms with van der Waals surface area (Å²) in [5, 5.41) is 9.15. The number of rotatable bonds is 5. The van der Waals surface area contributed by atoms with E-state index >= 15 is 0 Å². The van der Waals surface area contributed by atoms with Gasteiger partial charge in [-0.05, 0) is 31.0 Å². The first-order chi connectivity index (χ1) is 9.51. The minimum Gasteiger partial charge on any atom is -0.394 e. The van der Waals surface area contributed by atoms with Crippen LogP contribution >= 0.6 is 0 Å². The average Bonchev–Trinajstić information content (AvgIpc) is 2.45. The second-order valence-corrected chi connectivity index (χ2v) is 7.08. The van der Waals surface area contributed by atoms with Gasteiger partial charge in [-0.15, -0.1) is 0 Å². The quantitative estimate of drug-likeness (QED) is 0.830. The first-order valence-electron chi connectivity index (χ1n) is 6.64. The van der Waals surface area contributed by atoms with Crippen molar-refractivity contribution in [1.82, 2.24) is 9.29 Å². The van der Waals surface area contributed by atoms with Crippen LogP contribution in [0.3, 0.4) is 0 Å². The Balaban J connectivity index is 1.99. The van der Waals surface area contributed by atoms with E-state index in [0.717, 1.165) is 5.56 Å². The number of aryl methyl sites for hydroxylation is 1. The smallest absolute Gasteiger partial charge is 0.214 e. The third kappa shape index (κ3) is 3.99. The first-order valence-corrected chi connectivity index (χ1v) is 8.25. The third-order valence-corrected chi connectivity index (χ3v) is 5.09. The minimum atomic E-state index is -3.34. The van der Waals surface area contributed by atoms with Crippen LogP contribution in [-0.4, -0.2) is 60.5 Å². The van der Waals surface area contributed by atoms with Crippen molar-refractivity contribution in [2.75, 3.05) is 25.4 Å². The maximum absolute atomic E-state index is 12.3. The van der Waals surface area contributed by atoms with Crippen LogP contribution in [-0.2, 0) is 21.2 Å². The number of aromatic nitrogens is 1. The Hall–Kier alpha value is -1.02. The zero-order valence-corrected chi connectivity index (χ0v) is 12.3. The lowest BCUT2D eigenvalue weighted by Gasteiger charge is -2.35. The summed E-state index contributed by atoms with van der Waals surface area (Å²) in [4.78, 5) is 3.91. The number of sulfonamides is 1. The van der Waals surface area contributed by atoms with Gasteiger partial charge in [0.05, 0.1) is 24.6 Å². The Morgan fingerprint density at radius 1 is 1.40 bits per heavy atom. The molecule has 0 spiro atoms. The van der Waals surface area contributed by atoms with Gasteiger partial charge in [0.15, 0.2) is 0 Å². The number of aliphatic hydroxyl groups excluding tert-OH is 1. The van der Waals surface area contributed by atoms with Gasteiger partial charge >= 0.3 is 0 Å². The van der Waals surface area contributed by atoms with Gasteiger partial charge in [-0.25, -0.2) is 8.42 Å². The topological polar surface area (TPSA) is 79.7 Å². The molecule has 2 unspecified atom stereocenters. The first kappa shape index (κ1) is 15.4. The number of hydrogen-bond donors (Lipinski definition) is 1. The molecule has 112 valence electrons. The van der Waals surface area contributed by atoms with Crippen molar-refractivity contribution in [2.24, 2.45) is 0 Å². The molecule has 2 rings (SSSR count). The molecule has 0 radical (unpaired) electrons. The summed E-state index contributed by atoms with van der Waals surface area (Å²) in [6, 6.07) is 3.63. The van der Waals surface area contributed by atoms with E-state index in [-0.39, 0.29) is 25.0 Å². The predicted octanol–water partition coefficient (Wildman–Crippen LogP) is 0.0355. The predicted molar refractivity (Wildman–Crippen MR) is 74.7 cm³/mol. The molecule has 1 aromatic heterocycles. The van der Waals surface area contributed by atoms with E-state index in [2.05, 4.69) is 4.98 Å². The molecule has 7 heteroatoms. The maximum Gasteiger partial charge on any atom is 0.214 e. The number of morpholine rings is 1. The van der Waals surface area contributed by atoms with Crippen LogP contribution in [0.15, 0.2) is 24.5 Å². The van der Waals surface area contributed by atoms with Crippen molar-refractivity contribution < 1.29 is 18.3 Å². The summed E-state index contributed by atoms with van der Waals surface area (Å²) in [6.07, 6.45) is 3.13. The Kier molecular flexibility index (Phi) is 5.09. The molecule has 0 aliphatic carbocycles. The van der Waals surface area contributed by atoms with E-state index in [1.54, 1.807) is 12.4 Å². The molecule has 1 aromatic rings. The van der Waals surface area contributed by atoms with Crippen molar-refractivity contribution >= 4 is 10.0 Å². The Bertz CT molecular complexity index is 520. The summed E-state index contributed by atoms with van der Waals surface area (Å²) in [6.45, 7) is 2.21. The average molecular weight is 300 g/mol. The van der Waals surface area contributed by atoms with Crippen LogP contribution in [0.1, 0.15) is 12.5 Å². The summed E-state index contributed by atoms with van der Waals surface area (Å²) in [5.74, 6) is 0.0574. The lowest BCUT2D eigenvalue weighted by molar-refractivity contribution is -0.0750. The number of aliphatic hydroxyl groups is 1. The second kappa shape index (κ2) is 6.62.